The summed E-state index contributed by atoms with van der Waals surface area (Å²) in [6.07, 6.45) is 4.49. The summed E-state index contributed by atoms with van der Waals surface area (Å²) in [5, 5.41) is 8.06. The lowest BCUT2D eigenvalue weighted by Gasteiger charge is -2.09. The molecule has 5 nitrogen and oxygen atoms in total. The SMILES string of the molecule is Cc1nn(Cc2ccc(C(=O)NC3CCCC3)o2)c(C)c1Cl. The number of hydrogen-bond donors (Lipinski definition) is 1. The molecule has 0 bridgehead atoms. The molecule has 22 heavy (non-hydrogen) atoms. The van der Waals surface area contributed by atoms with Gasteiger partial charge in [0.05, 0.1) is 23.0 Å². The quantitative estimate of drug-likeness (QED) is 0.938. The molecule has 0 aromatic carbocycles. The first kappa shape index (κ1) is 15.2. The Hall–Kier alpha value is -1.75. The Kier molecular flexibility index (Phi) is 4.25. The normalized spacial score (nSPS) is 15.4. The van der Waals surface area contributed by atoms with Gasteiger partial charge >= 0.3 is 0 Å². The van der Waals surface area contributed by atoms with Crippen molar-refractivity contribution in [3.05, 3.63) is 40.1 Å². The van der Waals surface area contributed by atoms with Gasteiger partial charge < -0.3 is 9.73 Å². The summed E-state index contributed by atoms with van der Waals surface area (Å²) in [6, 6.07) is 3.82. The molecule has 0 atom stereocenters. The van der Waals surface area contributed by atoms with E-state index in [1.54, 1.807) is 10.7 Å². The number of rotatable bonds is 4. The van der Waals surface area contributed by atoms with Crippen LogP contribution in [0.5, 0.6) is 0 Å². The van der Waals surface area contributed by atoms with Crippen LogP contribution in [0.4, 0.5) is 0 Å². The van der Waals surface area contributed by atoms with Crippen molar-refractivity contribution < 1.29 is 9.21 Å². The Balaban J connectivity index is 1.67. The summed E-state index contributed by atoms with van der Waals surface area (Å²) in [6.45, 7) is 4.25. The molecule has 6 heteroatoms. The van der Waals surface area contributed by atoms with E-state index in [1.165, 1.54) is 12.8 Å². The Labute approximate surface area is 134 Å². The molecule has 0 aliphatic heterocycles. The fourth-order valence-corrected chi connectivity index (χ4v) is 3.02. The van der Waals surface area contributed by atoms with Crippen LogP contribution >= 0.6 is 11.6 Å². The number of carbonyl (C=O) groups excluding carboxylic acids is 1. The van der Waals surface area contributed by atoms with Crippen LogP contribution in [0, 0.1) is 13.8 Å². The number of aryl methyl sites for hydroxylation is 1. The number of furan rings is 1. The highest BCUT2D eigenvalue weighted by Crippen LogP contribution is 2.21. The molecule has 1 N–H and O–H groups in total. The van der Waals surface area contributed by atoms with Gasteiger partial charge in [-0.25, -0.2) is 0 Å². The van der Waals surface area contributed by atoms with E-state index in [9.17, 15) is 4.79 Å². The number of nitrogens with one attached hydrogen (secondary N) is 1. The molecule has 0 radical (unpaired) electrons. The van der Waals surface area contributed by atoms with E-state index in [4.69, 9.17) is 16.0 Å². The molecule has 118 valence electrons. The molecule has 0 spiro atoms. The molecule has 2 aromatic heterocycles. The van der Waals surface area contributed by atoms with Gasteiger partial charge in [-0.2, -0.15) is 5.10 Å². The largest absolute Gasteiger partial charge is 0.454 e. The van der Waals surface area contributed by atoms with Crippen LogP contribution in [0.2, 0.25) is 5.02 Å². The van der Waals surface area contributed by atoms with Crippen molar-refractivity contribution in [2.75, 3.05) is 0 Å². The topological polar surface area (TPSA) is 60.1 Å². The van der Waals surface area contributed by atoms with Gasteiger partial charge in [-0.1, -0.05) is 24.4 Å². The van der Waals surface area contributed by atoms with Crippen molar-refractivity contribution in [1.82, 2.24) is 15.1 Å². The van der Waals surface area contributed by atoms with E-state index < -0.39 is 0 Å². The zero-order chi connectivity index (χ0) is 15.7. The Morgan fingerprint density at radius 1 is 1.41 bits per heavy atom. The standard InChI is InChI=1S/C16H20ClN3O2/c1-10-15(17)11(2)20(19-10)9-13-7-8-14(22-13)16(21)18-12-5-3-4-6-12/h7-8,12H,3-6,9H2,1-2H3,(H,18,21). The summed E-state index contributed by atoms with van der Waals surface area (Å²) in [7, 11) is 0. The molecule has 1 saturated carbocycles. The van der Waals surface area contributed by atoms with Crippen molar-refractivity contribution in [3.63, 3.8) is 0 Å². The van der Waals surface area contributed by atoms with Crippen molar-refractivity contribution in [2.24, 2.45) is 0 Å². The van der Waals surface area contributed by atoms with E-state index >= 15 is 0 Å². The first-order valence-corrected chi connectivity index (χ1v) is 8.01. The summed E-state index contributed by atoms with van der Waals surface area (Å²) < 4.78 is 7.43. The van der Waals surface area contributed by atoms with Gasteiger partial charge in [0, 0.05) is 6.04 Å². The first-order valence-electron chi connectivity index (χ1n) is 7.63. The van der Waals surface area contributed by atoms with E-state index in [2.05, 4.69) is 10.4 Å². The van der Waals surface area contributed by atoms with Crippen molar-refractivity contribution >= 4 is 17.5 Å². The molecule has 2 heterocycles. The molecule has 1 amide bonds. The number of halogens is 1. The van der Waals surface area contributed by atoms with Gasteiger partial charge in [-0.05, 0) is 38.8 Å². The van der Waals surface area contributed by atoms with E-state index in [-0.39, 0.29) is 11.9 Å². The Bertz CT molecular complexity index is 684. The third-order valence-corrected chi connectivity index (χ3v) is 4.72. The van der Waals surface area contributed by atoms with Crippen molar-refractivity contribution in [1.29, 1.82) is 0 Å². The molecular formula is C16H20ClN3O2. The lowest BCUT2D eigenvalue weighted by atomic mass is 10.2. The maximum absolute atomic E-state index is 12.1. The second-order valence-electron chi connectivity index (χ2n) is 5.86. The van der Waals surface area contributed by atoms with Crippen molar-refractivity contribution in [2.45, 2.75) is 52.1 Å². The molecule has 3 rings (SSSR count). The van der Waals surface area contributed by atoms with Gasteiger partial charge in [-0.3, -0.25) is 9.48 Å². The Morgan fingerprint density at radius 3 is 2.77 bits per heavy atom. The number of carbonyl (C=O) groups is 1. The maximum atomic E-state index is 12.1. The zero-order valence-corrected chi connectivity index (χ0v) is 13.6. The smallest absolute Gasteiger partial charge is 0.287 e. The van der Waals surface area contributed by atoms with Gasteiger partial charge in [0.2, 0.25) is 0 Å². The van der Waals surface area contributed by atoms with Crippen LogP contribution in [0.25, 0.3) is 0 Å². The molecule has 1 aliphatic carbocycles. The zero-order valence-electron chi connectivity index (χ0n) is 12.9. The van der Waals surface area contributed by atoms with Crippen LogP contribution < -0.4 is 5.32 Å². The van der Waals surface area contributed by atoms with Crippen LogP contribution in [0.1, 0.15) is 53.4 Å². The second-order valence-corrected chi connectivity index (χ2v) is 6.24. The van der Waals surface area contributed by atoms with Gasteiger partial charge in [0.15, 0.2) is 5.76 Å². The van der Waals surface area contributed by atoms with Gasteiger partial charge in [0.1, 0.15) is 5.76 Å². The first-order chi connectivity index (χ1) is 10.5. The fraction of sp³-hybridized carbons (Fsp3) is 0.500. The third kappa shape index (κ3) is 3.04. The minimum Gasteiger partial charge on any atom is -0.454 e. The summed E-state index contributed by atoms with van der Waals surface area (Å²) in [5.41, 5.74) is 1.69. The number of hydrogen-bond acceptors (Lipinski definition) is 3. The summed E-state index contributed by atoms with van der Waals surface area (Å²) in [5.74, 6) is 0.915. The highest BCUT2D eigenvalue weighted by Gasteiger charge is 2.20. The van der Waals surface area contributed by atoms with E-state index in [0.29, 0.717) is 23.1 Å². The molecule has 1 fully saturated rings. The molecule has 2 aromatic rings. The lowest BCUT2D eigenvalue weighted by Crippen LogP contribution is -2.32. The summed E-state index contributed by atoms with van der Waals surface area (Å²) >= 11 is 6.14. The average molecular weight is 322 g/mol. The molecule has 0 unspecified atom stereocenters. The molecule has 0 saturated heterocycles. The monoisotopic (exact) mass is 321 g/mol. The minimum atomic E-state index is -0.135. The second kappa shape index (κ2) is 6.16. The van der Waals surface area contributed by atoms with Gasteiger partial charge in [-0.15, -0.1) is 0 Å². The Morgan fingerprint density at radius 2 is 2.14 bits per heavy atom. The summed E-state index contributed by atoms with van der Waals surface area (Å²) in [4.78, 5) is 12.1. The van der Waals surface area contributed by atoms with Crippen LogP contribution in [-0.4, -0.2) is 21.7 Å². The van der Waals surface area contributed by atoms with E-state index in [0.717, 1.165) is 24.2 Å². The van der Waals surface area contributed by atoms with Crippen LogP contribution in [0.3, 0.4) is 0 Å². The van der Waals surface area contributed by atoms with Gasteiger partial charge in [0.25, 0.3) is 5.91 Å². The molecular weight excluding hydrogens is 302 g/mol. The van der Waals surface area contributed by atoms with Crippen LogP contribution in [0.15, 0.2) is 16.5 Å². The highest BCUT2D eigenvalue weighted by molar-refractivity contribution is 6.31. The number of nitrogens with zero attached hydrogens (tertiary/aromatic N) is 2. The van der Waals surface area contributed by atoms with E-state index in [1.807, 2.05) is 19.9 Å². The predicted octanol–water partition coefficient (Wildman–Crippen LogP) is 3.47. The lowest BCUT2D eigenvalue weighted by molar-refractivity contribution is 0.0907. The fourth-order valence-electron chi connectivity index (χ4n) is 2.89. The average Bonchev–Trinajstić information content (AvgIpc) is 3.20. The minimum absolute atomic E-state index is 0.135. The number of amides is 1. The maximum Gasteiger partial charge on any atom is 0.287 e. The van der Waals surface area contributed by atoms with Crippen LogP contribution in [-0.2, 0) is 6.54 Å². The van der Waals surface area contributed by atoms with Crippen molar-refractivity contribution in [3.8, 4) is 0 Å². The highest BCUT2D eigenvalue weighted by atomic mass is 35.5. The molecule has 1 aliphatic rings. The predicted molar refractivity (Wildman–Crippen MR) is 84.2 cm³/mol. The number of aromatic nitrogens is 2. The third-order valence-electron chi connectivity index (χ3n) is 4.17.